The molecule has 2 aliphatic heterocycles. The maximum atomic E-state index is 9.50. The number of nitrogens with one attached hydrogen (secondary N) is 1. The van der Waals surface area contributed by atoms with Crippen molar-refractivity contribution in [1.82, 2.24) is 19.7 Å². The number of imidazole rings is 1. The highest BCUT2D eigenvalue weighted by atomic mass is 16.5. The second-order valence-electron chi connectivity index (χ2n) is 3.13. The Hall–Kier alpha value is -1.85. The zero-order valence-electron chi connectivity index (χ0n) is 8.73. The van der Waals surface area contributed by atoms with Crippen LogP contribution in [0.5, 0.6) is 0 Å². The predicted molar refractivity (Wildman–Crippen MR) is 55.2 cm³/mol. The molecule has 80 valence electrons. The third-order valence-corrected chi connectivity index (χ3v) is 2.09. The fraction of sp³-hybridized carbons (Fsp3) is 0.444. The van der Waals surface area contributed by atoms with Gasteiger partial charge in [-0.2, -0.15) is 4.73 Å². The first-order chi connectivity index (χ1) is 7.26. The standard InChI is InChI=1S/C9H13N5O/c1-3-6-12-7-8(10-4-2)11-5-14(15)9(7)13-6/h5,10,15H,3-4H2,1-2H3. The highest BCUT2D eigenvalue weighted by Gasteiger charge is 2.18. The van der Waals surface area contributed by atoms with Gasteiger partial charge in [0.2, 0.25) is 5.82 Å². The van der Waals surface area contributed by atoms with E-state index in [-0.39, 0.29) is 0 Å². The largest absolute Gasteiger partial charge is 0.425 e. The minimum absolute atomic E-state index is 0.442. The lowest BCUT2D eigenvalue weighted by Crippen LogP contribution is -2.07. The van der Waals surface area contributed by atoms with Crippen LogP contribution in [0.15, 0.2) is 6.33 Å². The monoisotopic (exact) mass is 207 g/mol. The van der Waals surface area contributed by atoms with Crippen molar-refractivity contribution in [3.63, 3.8) is 0 Å². The molecule has 0 saturated carbocycles. The molecular formula is C9H13N5O. The lowest BCUT2D eigenvalue weighted by atomic mass is 10.4. The number of fused-ring (bicyclic) bond motifs is 1. The topological polar surface area (TPSA) is 75.9 Å². The van der Waals surface area contributed by atoms with Gasteiger partial charge in [0, 0.05) is 13.0 Å². The van der Waals surface area contributed by atoms with Crippen LogP contribution in [0.3, 0.4) is 0 Å². The van der Waals surface area contributed by atoms with E-state index in [1.54, 1.807) is 0 Å². The second-order valence-corrected chi connectivity index (χ2v) is 3.13. The molecule has 0 unspecified atom stereocenters. The lowest BCUT2D eigenvalue weighted by molar-refractivity contribution is 0.183. The van der Waals surface area contributed by atoms with E-state index >= 15 is 0 Å². The quantitative estimate of drug-likeness (QED) is 0.734. The molecule has 0 saturated heterocycles. The molecule has 0 fully saturated rings. The average Bonchev–Trinajstić information content (AvgIpc) is 2.67. The van der Waals surface area contributed by atoms with E-state index in [4.69, 9.17) is 0 Å². The molecule has 2 rings (SSSR count). The Morgan fingerprint density at radius 1 is 1.40 bits per heavy atom. The number of rotatable bonds is 3. The summed E-state index contributed by atoms with van der Waals surface area (Å²) in [6.45, 7) is 4.70. The Balaban J connectivity index is 2.56. The van der Waals surface area contributed by atoms with Crippen LogP contribution in [0.4, 0.5) is 5.82 Å². The molecule has 0 amide bonds. The van der Waals surface area contributed by atoms with Crippen LogP contribution in [0.25, 0.3) is 11.5 Å². The minimum atomic E-state index is 0.442. The molecule has 0 aromatic carbocycles. The van der Waals surface area contributed by atoms with Crippen molar-refractivity contribution >= 4 is 5.82 Å². The molecule has 0 aromatic heterocycles. The molecule has 0 aliphatic carbocycles. The van der Waals surface area contributed by atoms with Gasteiger partial charge in [0.15, 0.2) is 11.5 Å². The molecule has 6 heteroatoms. The lowest BCUT2D eigenvalue weighted by Gasteiger charge is -2.07. The van der Waals surface area contributed by atoms with E-state index in [0.717, 1.165) is 17.7 Å². The van der Waals surface area contributed by atoms with Gasteiger partial charge in [0.1, 0.15) is 12.2 Å². The van der Waals surface area contributed by atoms with Gasteiger partial charge in [-0.1, -0.05) is 6.92 Å². The van der Waals surface area contributed by atoms with Crippen molar-refractivity contribution in [2.45, 2.75) is 20.3 Å². The zero-order valence-corrected chi connectivity index (χ0v) is 8.73. The van der Waals surface area contributed by atoms with Gasteiger partial charge in [-0.3, -0.25) is 0 Å². The third-order valence-electron chi connectivity index (χ3n) is 2.09. The van der Waals surface area contributed by atoms with Crippen molar-refractivity contribution in [2.24, 2.45) is 0 Å². The molecule has 0 bridgehead atoms. The van der Waals surface area contributed by atoms with Gasteiger partial charge in [0.25, 0.3) is 0 Å². The molecule has 2 N–H and O–H groups in total. The molecule has 0 radical (unpaired) electrons. The number of hydrogen-bond donors (Lipinski definition) is 2. The fourth-order valence-corrected chi connectivity index (χ4v) is 1.38. The van der Waals surface area contributed by atoms with Gasteiger partial charge in [-0.05, 0) is 6.92 Å². The van der Waals surface area contributed by atoms with Crippen molar-refractivity contribution in [3.8, 4) is 11.5 Å². The van der Waals surface area contributed by atoms with Crippen LogP contribution in [-0.2, 0) is 6.42 Å². The summed E-state index contributed by atoms with van der Waals surface area (Å²) in [6, 6.07) is 0. The Bertz CT molecular complexity index is 439. The molecule has 0 aromatic rings. The van der Waals surface area contributed by atoms with Crippen LogP contribution in [0.2, 0.25) is 0 Å². The normalized spacial score (nSPS) is 10.8. The van der Waals surface area contributed by atoms with Crippen molar-refractivity contribution < 1.29 is 5.21 Å². The van der Waals surface area contributed by atoms with Crippen LogP contribution >= 0.6 is 0 Å². The number of aryl methyl sites for hydroxylation is 1. The summed E-state index contributed by atoms with van der Waals surface area (Å²) < 4.78 is 0.891. The van der Waals surface area contributed by atoms with Gasteiger partial charge >= 0.3 is 0 Å². The van der Waals surface area contributed by atoms with E-state index in [1.165, 1.54) is 6.33 Å². The maximum Gasteiger partial charge on any atom is 0.201 e. The highest BCUT2D eigenvalue weighted by Crippen LogP contribution is 2.24. The van der Waals surface area contributed by atoms with Gasteiger partial charge in [-0.15, -0.1) is 0 Å². The minimum Gasteiger partial charge on any atom is -0.425 e. The molecule has 15 heavy (non-hydrogen) atoms. The smallest absolute Gasteiger partial charge is 0.201 e. The van der Waals surface area contributed by atoms with E-state index < -0.39 is 0 Å². The zero-order chi connectivity index (χ0) is 10.8. The summed E-state index contributed by atoms with van der Waals surface area (Å²) >= 11 is 0. The fourth-order valence-electron chi connectivity index (χ4n) is 1.38. The Kier molecular flexibility index (Phi) is 2.40. The van der Waals surface area contributed by atoms with Gasteiger partial charge in [0.05, 0.1) is 0 Å². The van der Waals surface area contributed by atoms with E-state index in [2.05, 4.69) is 20.3 Å². The van der Waals surface area contributed by atoms with Crippen LogP contribution < -0.4 is 5.32 Å². The average molecular weight is 207 g/mol. The van der Waals surface area contributed by atoms with Crippen LogP contribution in [0, 0.1) is 0 Å². The summed E-state index contributed by atoms with van der Waals surface area (Å²) in [7, 11) is 0. The third kappa shape index (κ3) is 1.58. The first-order valence-corrected chi connectivity index (χ1v) is 4.93. The number of aromatic nitrogens is 4. The van der Waals surface area contributed by atoms with Crippen molar-refractivity contribution in [1.29, 1.82) is 0 Å². The molecule has 2 aliphatic rings. The first-order valence-electron chi connectivity index (χ1n) is 4.93. The predicted octanol–water partition coefficient (Wildman–Crippen LogP) is 1.01. The Morgan fingerprint density at radius 2 is 2.20 bits per heavy atom. The maximum absolute atomic E-state index is 9.50. The summed E-state index contributed by atoms with van der Waals surface area (Å²) in [5, 5.41) is 12.6. The van der Waals surface area contributed by atoms with Crippen molar-refractivity contribution in [3.05, 3.63) is 12.2 Å². The Morgan fingerprint density at radius 3 is 2.87 bits per heavy atom. The number of anilines is 1. The van der Waals surface area contributed by atoms with Crippen LogP contribution in [0.1, 0.15) is 19.7 Å². The van der Waals surface area contributed by atoms with E-state index in [0.29, 0.717) is 23.2 Å². The van der Waals surface area contributed by atoms with E-state index in [1.807, 2.05) is 13.8 Å². The molecule has 0 atom stereocenters. The molecule has 2 heterocycles. The Labute approximate surface area is 87.3 Å². The first kappa shape index (κ1) is 9.70. The summed E-state index contributed by atoms with van der Waals surface area (Å²) in [5.41, 5.74) is 0.610. The molecular weight excluding hydrogens is 194 g/mol. The molecule has 6 nitrogen and oxygen atoms in total. The SMILES string of the molecule is CCNc1ncn(O)c2nc(CC)nc1-2. The summed E-state index contributed by atoms with van der Waals surface area (Å²) in [5.74, 6) is 1.81. The number of hydrogen-bond acceptors (Lipinski definition) is 5. The van der Waals surface area contributed by atoms with Crippen molar-refractivity contribution in [2.75, 3.05) is 11.9 Å². The number of nitrogens with zero attached hydrogens (tertiary/aromatic N) is 4. The molecule has 0 spiro atoms. The van der Waals surface area contributed by atoms with Gasteiger partial charge in [-0.25, -0.2) is 15.0 Å². The van der Waals surface area contributed by atoms with Gasteiger partial charge < -0.3 is 10.5 Å². The highest BCUT2D eigenvalue weighted by molar-refractivity contribution is 5.67. The van der Waals surface area contributed by atoms with Crippen LogP contribution in [-0.4, -0.2) is 31.4 Å². The second kappa shape index (κ2) is 3.72. The summed E-state index contributed by atoms with van der Waals surface area (Å²) in [4.78, 5) is 12.5. The van der Waals surface area contributed by atoms with E-state index in [9.17, 15) is 5.21 Å². The summed E-state index contributed by atoms with van der Waals surface area (Å²) in [6.07, 6.45) is 2.05.